The Hall–Kier alpha value is -1.02. The highest BCUT2D eigenvalue weighted by atomic mass is 16.4. The molecule has 0 aliphatic carbocycles. The smallest absolute Gasteiger partial charge is 0.303 e. The largest absolute Gasteiger partial charge is 0.481 e. The maximum absolute atomic E-state index is 11.2. The van der Waals surface area contributed by atoms with Crippen molar-refractivity contribution in [3.8, 4) is 0 Å². The van der Waals surface area contributed by atoms with Crippen LogP contribution in [0.2, 0.25) is 0 Å². The zero-order valence-electron chi connectivity index (χ0n) is 8.78. The highest BCUT2D eigenvalue weighted by Crippen LogP contribution is 2.07. The van der Waals surface area contributed by atoms with E-state index >= 15 is 0 Å². The van der Waals surface area contributed by atoms with Gasteiger partial charge < -0.3 is 25.5 Å². The third-order valence-corrected chi connectivity index (χ3v) is 2.07. The van der Waals surface area contributed by atoms with Crippen molar-refractivity contribution in [3.05, 3.63) is 0 Å². The summed E-state index contributed by atoms with van der Waals surface area (Å²) in [6.07, 6.45) is -7.40. The molecule has 94 valence electrons. The first-order chi connectivity index (χ1) is 7.27. The van der Waals surface area contributed by atoms with Crippen LogP contribution in [-0.2, 0) is 9.59 Å². The fourth-order valence-corrected chi connectivity index (χ4v) is 1.03. The Morgan fingerprint density at radius 1 is 1.12 bits per heavy atom. The third-order valence-electron chi connectivity index (χ3n) is 2.07. The summed E-state index contributed by atoms with van der Waals surface area (Å²) in [6, 6.07) is 0. The Morgan fingerprint density at radius 3 is 2.00 bits per heavy atom. The molecular weight excluding hydrogens is 220 g/mol. The molecule has 4 atom stereocenters. The Bertz CT molecular complexity index is 250. The molecule has 7 heteroatoms. The van der Waals surface area contributed by atoms with Crippen molar-refractivity contribution in [2.75, 3.05) is 0 Å². The molecule has 0 saturated heterocycles. The van der Waals surface area contributed by atoms with E-state index in [0.717, 1.165) is 0 Å². The van der Waals surface area contributed by atoms with Gasteiger partial charge >= 0.3 is 5.97 Å². The van der Waals surface area contributed by atoms with Gasteiger partial charge in [0, 0.05) is 6.42 Å². The molecule has 0 aliphatic heterocycles. The van der Waals surface area contributed by atoms with Gasteiger partial charge in [-0.05, 0) is 13.3 Å². The molecule has 0 heterocycles. The van der Waals surface area contributed by atoms with E-state index in [1.807, 2.05) is 0 Å². The molecule has 0 aromatic heterocycles. The van der Waals surface area contributed by atoms with Crippen molar-refractivity contribution in [1.82, 2.24) is 0 Å². The summed E-state index contributed by atoms with van der Waals surface area (Å²) in [5, 5.41) is 44.8. The molecule has 0 bridgehead atoms. The first kappa shape index (κ1) is 15.0. The van der Waals surface area contributed by atoms with E-state index in [0.29, 0.717) is 0 Å². The van der Waals surface area contributed by atoms with Gasteiger partial charge in [-0.15, -0.1) is 0 Å². The number of carbonyl (C=O) groups is 2. The number of rotatable bonds is 7. The Morgan fingerprint density at radius 2 is 1.62 bits per heavy atom. The third kappa shape index (κ3) is 4.67. The summed E-state index contributed by atoms with van der Waals surface area (Å²) >= 11 is 0. The Kier molecular flexibility index (Phi) is 6.12. The van der Waals surface area contributed by atoms with Gasteiger partial charge in [-0.2, -0.15) is 0 Å². The molecule has 16 heavy (non-hydrogen) atoms. The molecule has 1 unspecified atom stereocenters. The number of aliphatic hydroxyl groups is 4. The van der Waals surface area contributed by atoms with E-state index in [2.05, 4.69) is 0 Å². The molecule has 7 nitrogen and oxygen atoms in total. The van der Waals surface area contributed by atoms with Crippen molar-refractivity contribution >= 4 is 11.8 Å². The molecule has 0 rings (SSSR count). The van der Waals surface area contributed by atoms with Crippen molar-refractivity contribution in [3.63, 3.8) is 0 Å². The lowest BCUT2D eigenvalue weighted by atomic mass is 9.99. The van der Waals surface area contributed by atoms with Crippen molar-refractivity contribution in [1.29, 1.82) is 0 Å². The van der Waals surface area contributed by atoms with Crippen LogP contribution in [0.4, 0.5) is 0 Å². The van der Waals surface area contributed by atoms with Gasteiger partial charge in [0.1, 0.15) is 18.3 Å². The number of hydrogen-bond acceptors (Lipinski definition) is 6. The minimum Gasteiger partial charge on any atom is -0.481 e. The monoisotopic (exact) mass is 236 g/mol. The van der Waals surface area contributed by atoms with Crippen LogP contribution in [0.3, 0.4) is 0 Å². The molecule has 0 saturated carbocycles. The number of carbonyl (C=O) groups excluding carboxylic acids is 1. The molecule has 0 aromatic carbocycles. The van der Waals surface area contributed by atoms with Crippen LogP contribution in [0.25, 0.3) is 0 Å². The van der Waals surface area contributed by atoms with Gasteiger partial charge in [0.25, 0.3) is 0 Å². The standard InChI is InChI=1S/C9H16O7/c1-4(10)7(14)9(16)8(15)5(11)2-3-6(12)13/h4-5,7,9-11,14,16H,2-3H2,1H3,(H,12,13)/t4-,5?,7-,9+/m1/s1. The lowest BCUT2D eigenvalue weighted by Crippen LogP contribution is -2.45. The van der Waals surface area contributed by atoms with Gasteiger partial charge in [-0.3, -0.25) is 9.59 Å². The number of carboxylic acids is 1. The van der Waals surface area contributed by atoms with Gasteiger partial charge in [-0.1, -0.05) is 0 Å². The highest BCUT2D eigenvalue weighted by molar-refractivity contribution is 5.87. The van der Waals surface area contributed by atoms with Gasteiger partial charge in [0.05, 0.1) is 6.10 Å². The predicted octanol–water partition coefficient (Wildman–Crippen LogP) is -2.12. The summed E-state index contributed by atoms with van der Waals surface area (Å²) in [4.78, 5) is 21.4. The van der Waals surface area contributed by atoms with Crippen LogP contribution in [0.15, 0.2) is 0 Å². The van der Waals surface area contributed by atoms with Gasteiger partial charge in [0.2, 0.25) is 0 Å². The number of hydrogen-bond donors (Lipinski definition) is 5. The Labute approximate surface area is 92.0 Å². The summed E-state index contributed by atoms with van der Waals surface area (Å²) in [5.74, 6) is -2.29. The molecular formula is C9H16O7. The van der Waals surface area contributed by atoms with Crippen LogP contribution in [0.1, 0.15) is 19.8 Å². The van der Waals surface area contributed by atoms with Crippen LogP contribution < -0.4 is 0 Å². The second-order valence-electron chi connectivity index (χ2n) is 3.53. The average Bonchev–Trinajstić information content (AvgIpc) is 2.22. The molecule has 0 aliphatic rings. The molecule has 0 aromatic rings. The highest BCUT2D eigenvalue weighted by Gasteiger charge is 2.32. The van der Waals surface area contributed by atoms with E-state index in [4.69, 9.17) is 15.3 Å². The maximum Gasteiger partial charge on any atom is 0.303 e. The van der Waals surface area contributed by atoms with E-state index in [1.165, 1.54) is 6.92 Å². The molecule has 0 radical (unpaired) electrons. The normalized spacial score (nSPS) is 18.6. The topological polar surface area (TPSA) is 135 Å². The second kappa shape index (κ2) is 6.54. The summed E-state index contributed by atoms with van der Waals surface area (Å²) < 4.78 is 0. The molecule has 0 fully saturated rings. The quantitative estimate of drug-likeness (QED) is 0.341. The fourth-order valence-electron chi connectivity index (χ4n) is 1.03. The zero-order chi connectivity index (χ0) is 12.9. The number of aliphatic hydroxyl groups excluding tert-OH is 4. The molecule has 0 amide bonds. The van der Waals surface area contributed by atoms with Crippen molar-refractivity contribution < 1.29 is 35.1 Å². The van der Waals surface area contributed by atoms with Crippen molar-refractivity contribution in [2.45, 2.75) is 44.2 Å². The van der Waals surface area contributed by atoms with E-state index in [-0.39, 0.29) is 6.42 Å². The summed E-state index contributed by atoms with van der Waals surface area (Å²) in [6.45, 7) is 1.17. The SMILES string of the molecule is C[C@@H](O)[C@@H](O)[C@H](O)C(=O)C(O)CCC(=O)O. The summed E-state index contributed by atoms with van der Waals surface area (Å²) in [5.41, 5.74) is 0. The number of aliphatic carboxylic acids is 1. The minimum absolute atomic E-state index is 0.349. The molecule has 0 spiro atoms. The van der Waals surface area contributed by atoms with Crippen molar-refractivity contribution in [2.24, 2.45) is 0 Å². The minimum atomic E-state index is -1.93. The van der Waals surface area contributed by atoms with Gasteiger partial charge in [0.15, 0.2) is 5.78 Å². The fraction of sp³-hybridized carbons (Fsp3) is 0.778. The predicted molar refractivity (Wildman–Crippen MR) is 51.6 cm³/mol. The first-order valence-electron chi connectivity index (χ1n) is 4.75. The van der Waals surface area contributed by atoms with Gasteiger partial charge in [-0.25, -0.2) is 0 Å². The average molecular weight is 236 g/mol. The van der Waals surface area contributed by atoms with E-state index < -0.39 is 42.6 Å². The van der Waals surface area contributed by atoms with Crippen LogP contribution in [0.5, 0.6) is 0 Å². The lowest BCUT2D eigenvalue weighted by Gasteiger charge is -2.21. The maximum atomic E-state index is 11.2. The molecule has 5 N–H and O–H groups in total. The first-order valence-corrected chi connectivity index (χ1v) is 4.75. The van der Waals surface area contributed by atoms with Crippen LogP contribution in [-0.4, -0.2) is 61.7 Å². The van der Waals surface area contributed by atoms with Crippen LogP contribution in [0, 0.1) is 0 Å². The van der Waals surface area contributed by atoms with Crippen LogP contribution >= 0.6 is 0 Å². The Balaban J connectivity index is 4.26. The number of carboxylic acid groups (broad SMARTS) is 1. The lowest BCUT2D eigenvalue weighted by molar-refractivity contribution is -0.147. The summed E-state index contributed by atoms with van der Waals surface area (Å²) in [7, 11) is 0. The van der Waals surface area contributed by atoms with E-state index in [9.17, 15) is 19.8 Å². The second-order valence-corrected chi connectivity index (χ2v) is 3.53. The number of Topliss-reactive ketones (excluding diaryl/α,β-unsaturated/α-hetero) is 1. The zero-order valence-corrected chi connectivity index (χ0v) is 8.78. The number of ketones is 1. The van der Waals surface area contributed by atoms with E-state index in [1.54, 1.807) is 0 Å².